The first kappa shape index (κ1) is 17.9. The maximum atomic E-state index is 11.8. The van der Waals surface area contributed by atoms with Gasteiger partial charge in [-0.1, -0.05) is 25.6 Å². The summed E-state index contributed by atoms with van der Waals surface area (Å²) in [7, 11) is 3.10. The van der Waals surface area contributed by atoms with E-state index in [4.69, 9.17) is 9.47 Å². The summed E-state index contributed by atoms with van der Waals surface area (Å²) in [6.45, 7) is 6.48. The Hall–Kier alpha value is -1.19. The molecule has 0 fully saturated rings. The summed E-state index contributed by atoms with van der Waals surface area (Å²) in [5.41, 5.74) is 0. The number of thioether (sulfide) groups is 1. The van der Waals surface area contributed by atoms with E-state index in [2.05, 4.69) is 34.7 Å². The molecule has 0 radical (unpaired) electrons. The molecule has 1 unspecified atom stereocenters. The standard InChI is InChI=1S/C12H23N5O3S/c1-8(2)9(3)13-10(18)7-21-12-14-15-16-17(12)6-11(19-4)20-5/h8-9,11H,6-7H2,1-5H3,(H,13,18). The maximum Gasteiger partial charge on any atom is 0.230 e. The zero-order chi connectivity index (χ0) is 15.8. The smallest absolute Gasteiger partial charge is 0.230 e. The van der Waals surface area contributed by atoms with Crippen LogP contribution in [0.2, 0.25) is 0 Å². The van der Waals surface area contributed by atoms with E-state index in [9.17, 15) is 4.79 Å². The average molecular weight is 317 g/mol. The average Bonchev–Trinajstić information content (AvgIpc) is 2.89. The van der Waals surface area contributed by atoms with Gasteiger partial charge in [-0.15, -0.1) is 5.10 Å². The van der Waals surface area contributed by atoms with Crippen LogP contribution in [0.1, 0.15) is 20.8 Å². The van der Waals surface area contributed by atoms with E-state index in [-0.39, 0.29) is 17.7 Å². The molecule has 1 heterocycles. The molecular weight excluding hydrogens is 294 g/mol. The highest BCUT2D eigenvalue weighted by Crippen LogP contribution is 2.14. The third kappa shape index (κ3) is 5.98. The van der Waals surface area contributed by atoms with E-state index in [0.717, 1.165) is 0 Å². The summed E-state index contributed by atoms with van der Waals surface area (Å²) in [4.78, 5) is 11.8. The van der Waals surface area contributed by atoms with E-state index in [1.165, 1.54) is 11.8 Å². The van der Waals surface area contributed by atoms with Crippen LogP contribution in [0.15, 0.2) is 5.16 Å². The van der Waals surface area contributed by atoms with E-state index < -0.39 is 6.29 Å². The minimum atomic E-state index is -0.428. The van der Waals surface area contributed by atoms with Crippen LogP contribution in [0.5, 0.6) is 0 Å². The monoisotopic (exact) mass is 317 g/mol. The maximum absolute atomic E-state index is 11.8. The summed E-state index contributed by atoms with van der Waals surface area (Å²) in [5.74, 6) is 0.626. The Morgan fingerprint density at radius 1 is 1.33 bits per heavy atom. The molecule has 1 rings (SSSR count). The van der Waals surface area contributed by atoms with Crippen molar-refractivity contribution in [2.75, 3.05) is 20.0 Å². The van der Waals surface area contributed by atoms with Gasteiger partial charge in [0, 0.05) is 20.3 Å². The van der Waals surface area contributed by atoms with Gasteiger partial charge in [-0.2, -0.15) is 0 Å². The molecule has 0 aliphatic carbocycles. The van der Waals surface area contributed by atoms with Gasteiger partial charge in [0.05, 0.1) is 12.3 Å². The topological polar surface area (TPSA) is 91.2 Å². The lowest BCUT2D eigenvalue weighted by molar-refractivity contribution is -0.119. The molecule has 1 amide bonds. The second-order valence-electron chi connectivity index (χ2n) is 4.93. The molecule has 0 saturated carbocycles. The Labute approximate surface area is 128 Å². The molecular formula is C12H23N5O3S. The van der Waals surface area contributed by atoms with Crippen molar-refractivity contribution in [3.05, 3.63) is 0 Å². The van der Waals surface area contributed by atoms with Gasteiger partial charge in [-0.25, -0.2) is 4.68 Å². The van der Waals surface area contributed by atoms with Crippen LogP contribution in [-0.2, 0) is 20.8 Å². The number of tetrazole rings is 1. The molecule has 0 aromatic carbocycles. The number of methoxy groups -OCH3 is 2. The minimum Gasteiger partial charge on any atom is -0.354 e. The van der Waals surface area contributed by atoms with Crippen molar-refractivity contribution >= 4 is 17.7 Å². The van der Waals surface area contributed by atoms with Crippen LogP contribution < -0.4 is 5.32 Å². The fourth-order valence-electron chi connectivity index (χ4n) is 1.39. The quantitative estimate of drug-likeness (QED) is 0.525. The van der Waals surface area contributed by atoms with Gasteiger partial charge in [0.25, 0.3) is 0 Å². The van der Waals surface area contributed by atoms with Crippen LogP contribution >= 0.6 is 11.8 Å². The number of hydrogen-bond donors (Lipinski definition) is 1. The Morgan fingerprint density at radius 3 is 2.57 bits per heavy atom. The van der Waals surface area contributed by atoms with E-state index >= 15 is 0 Å². The number of ether oxygens (including phenoxy) is 2. The summed E-state index contributed by atoms with van der Waals surface area (Å²) in [6, 6.07) is 0.139. The van der Waals surface area contributed by atoms with Crippen molar-refractivity contribution in [1.29, 1.82) is 0 Å². The number of nitrogens with one attached hydrogen (secondary N) is 1. The van der Waals surface area contributed by atoms with Crippen molar-refractivity contribution < 1.29 is 14.3 Å². The number of carbonyl (C=O) groups is 1. The van der Waals surface area contributed by atoms with Gasteiger partial charge >= 0.3 is 0 Å². The van der Waals surface area contributed by atoms with Gasteiger partial charge in [0.2, 0.25) is 11.1 Å². The van der Waals surface area contributed by atoms with Crippen molar-refractivity contribution in [2.24, 2.45) is 5.92 Å². The lowest BCUT2D eigenvalue weighted by Crippen LogP contribution is -2.37. The molecule has 9 heteroatoms. The Balaban J connectivity index is 2.49. The number of carbonyl (C=O) groups excluding carboxylic acids is 1. The minimum absolute atomic E-state index is 0.0363. The first-order valence-corrected chi connectivity index (χ1v) is 7.70. The molecule has 1 atom stereocenters. The molecule has 0 aliphatic heterocycles. The van der Waals surface area contributed by atoms with E-state index in [1.807, 2.05) is 6.92 Å². The van der Waals surface area contributed by atoms with E-state index in [1.54, 1.807) is 18.9 Å². The molecule has 1 aromatic rings. The summed E-state index contributed by atoms with van der Waals surface area (Å²) in [6.07, 6.45) is -0.428. The van der Waals surface area contributed by atoms with Gasteiger partial charge in [-0.05, 0) is 23.3 Å². The van der Waals surface area contributed by atoms with E-state index in [0.29, 0.717) is 17.6 Å². The summed E-state index contributed by atoms with van der Waals surface area (Å²) < 4.78 is 11.8. The van der Waals surface area contributed by atoms with Crippen LogP contribution in [0.25, 0.3) is 0 Å². The Kier molecular flexibility index (Phi) is 7.62. The van der Waals surface area contributed by atoms with Crippen LogP contribution in [0.4, 0.5) is 0 Å². The molecule has 0 aliphatic rings. The van der Waals surface area contributed by atoms with Crippen molar-refractivity contribution in [2.45, 2.75) is 44.8 Å². The third-order valence-corrected chi connectivity index (χ3v) is 4.02. The molecule has 0 spiro atoms. The largest absolute Gasteiger partial charge is 0.354 e. The molecule has 0 bridgehead atoms. The van der Waals surface area contributed by atoms with Crippen molar-refractivity contribution in [1.82, 2.24) is 25.5 Å². The molecule has 0 saturated heterocycles. The number of amides is 1. The van der Waals surface area contributed by atoms with Crippen LogP contribution in [0.3, 0.4) is 0 Å². The Bertz CT molecular complexity index is 436. The highest BCUT2D eigenvalue weighted by Gasteiger charge is 2.15. The number of hydrogen-bond acceptors (Lipinski definition) is 7. The highest BCUT2D eigenvalue weighted by molar-refractivity contribution is 7.99. The first-order valence-electron chi connectivity index (χ1n) is 6.71. The summed E-state index contributed by atoms with van der Waals surface area (Å²) >= 11 is 1.28. The zero-order valence-corrected chi connectivity index (χ0v) is 13.9. The van der Waals surface area contributed by atoms with Crippen molar-refractivity contribution in [3.8, 4) is 0 Å². The number of aromatic nitrogens is 4. The zero-order valence-electron chi connectivity index (χ0n) is 13.1. The second kappa shape index (κ2) is 8.96. The SMILES string of the molecule is COC(Cn1nnnc1SCC(=O)NC(C)C(C)C)OC. The molecule has 120 valence electrons. The summed E-state index contributed by atoms with van der Waals surface area (Å²) in [5, 5.41) is 14.9. The molecule has 1 N–H and O–H groups in total. The van der Waals surface area contributed by atoms with Gasteiger partial charge < -0.3 is 14.8 Å². The first-order chi connectivity index (χ1) is 9.97. The molecule has 1 aromatic heterocycles. The normalized spacial score (nSPS) is 12.9. The van der Waals surface area contributed by atoms with Crippen LogP contribution in [0, 0.1) is 5.92 Å². The molecule has 8 nitrogen and oxygen atoms in total. The number of rotatable bonds is 9. The predicted molar refractivity (Wildman–Crippen MR) is 78.8 cm³/mol. The van der Waals surface area contributed by atoms with Crippen LogP contribution in [-0.4, -0.2) is 58.4 Å². The fourth-order valence-corrected chi connectivity index (χ4v) is 2.09. The second-order valence-corrected chi connectivity index (χ2v) is 5.88. The van der Waals surface area contributed by atoms with Gasteiger partial charge in [0.1, 0.15) is 0 Å². The highest BCUT2D eigenvalue weighted by atomic mass is 32.2. The molecule has 21 heavy (non-hydrogen) atoms. The lowest BCUT2D eigenvalue weighted by Gasteiger charge is -2.17. The van der Waals surface area contributed by atoms with Gasteiger partial charge in [-0.3, -0.25) is 4.79 Å². The third-order valence-electron chi connectivity index (χ3n) is 3.07. The lowest BCUT2D eigenvalue weighted by atomic mass is 10.1. The number of nitrogens with zero attached hydrogens (tertiary/aromatic N) is 4. The Morgan fingerprint density at radius 2 is 2.00 bits per heavy atom. The van der Waals surface area contributed by atoms with Crippen molar-refractivity contribution in [3.63, 3.8) is 0 Å². The van der Waals surface area contributed by atoms with Gasteiger partial charge in [0.15, 0.2) is 6.29 Å². The fraction of sp³-hybridized carbons (Fsp3) is 0.833. The predicted octanol–water partition coefficient (Wildman–Crippen LogP) is 0.545.